The molecule has 6 heteroatoms. The molecule has 2 rings (SSSR count). The third-order valence-electron chi connectivity index (χ3n) is 3.08. The number of aromatic nitrogens is 2. The van der Waals surface area contributed by atoms with Gasteiger partial charge in [-0.3, -0.25) is 9.89 Å². The fourth-order valence-corrected chi connectivity index (χ4v) is 1.95. The van der Waals surface area contributed by atoms with Crippen molar-refractivity contribution in [2.24, 2.45) is 5.10 Å². The molecule has 1 amide bonds. The van der Waals surface area contributed by atoms with Crippen LogP contribution in [0.4, 0.5) is 0 Å². The summed E-state index contributed by atoms with van der Waals surface area (Å²) in [5, 5.41) is 11.1. The van der Waals surface area contributed by atoms with E-state index in [9.17, 15) is 4.79 Å². The number of benzene rings is 1. The van der Waals surface area contributed by atoms with E-state index in [0.29, 0.717) is 5.03 Å². The fourth-order valence-electron chi connectivity index (χ4n) is 1.78. The first-order valence-electron chi connectivity index (χ1n) is 7.18. The van der Waals surface area contributed by atoms with Crippen molar-refractivity contribution >= 4 is 29.8 Å². The Balaban J connectivity index is 1.96. The van der Waals surface area contributed by atoms with E-state index in [0.717, 1.165) is 11.3 Å². The van der Waals surface area contributed by atoms with Crippen LogP contribution in [0.5, 0.6) is 0 Å². The standard InChI is InChI=1S/C17H19ClN4O/c1-17(2,3)15-10-14(20-21-15)16(23)22-19-11-13(18)9-12-7-5-4-6-8-12/h4-11H,1-3H3,(H,20,21)(H,22,23)/b13-9-,19-11-. The van der Waals surface area contributed by atoms with Crippen molar-refractivity contribution < 1.29 is 4.79 Å². The highest BCUT2D eigenvalue weighted by Gasteiger charge is 2.19. The molecule has 0 spiro atoms. The van der Waals surface area contributed by atoms with Gasteiger partial charge in [0.05, 0.1) is 11.2 Å². The molecule has 23 heavy (non-hydrogen) atoms. The van der Waals surface area contributed by atoms with Gasteiger partial charge in [-0.1, -0.05) is 62.7 Å². The number of H-pyrrole nitrogens is 1. The number of nitrogens with zero attached hydrogens (tertiary/aromatic N) is 2. The number of hydrazone groups is 1. The second-order valence-corrected chi connectivity index (χ2v) is 6.49. The van der Waals surface area contributed by atoms with E-state index in [1.165, 1.54) is 6.21 Å². The smallest absolute Gasteiger partial charge is 0.281 e. The zero-order valence-corrected chi connectivity index (χ0v) is 14.1. The lowest BCUT2D eigenvalue weighted by Gasteiger charge is -2.14. The minimum Gasteiger partial charge on any atom is -0.281 e. The molecule has 0 bridgehead atoms. The minimum atomic E-state index is -0.392. The Morgan fingerprint density at radius 2 is 2.00 bits per heavy atom. The van der Waals surface area contributed by atoms with Gasteiger partial charge >= 0.3 is 0 Å². The molecule has 1 aromatic heterocycles. The van der Waals surface area contributed by atoms with Crippen LogP contribution in [-0.2, 0) is 5.41 Å². The second kappa shape index (κ2) is 7.24. The van der Waals surface area contributed by atoms with Gasteiger partial charge in [0.25, 0.3) is 5.91 Å². The van der Waals surface area contributed by atoms with Gasteiger partial charge < -0.3 is 0 Å². The maximum Gasteiger partial charge on any atom is 0.291 e. The van der Waals surface area contributed by atoms with Crippen LogP contribution in [-0.4, -0.2) is 22.3 Å². The fraction of sp³-hybridized carbons (Fsp3) is 0.235. The van der Waals surface area contributed by atoms with Crippen molar-refractivity contribution in [3.8, 4) is 0 Å². The number of amides is 1. The van der Waals surface area contributed by atoms with Crippen LogP contribution in [0.2, 0.25) is 0 Å². The molecule has 2 N–H and O–H groups in total. The summed E-state index contributed by atoms with van der Waals surface area (Å²) in [5.41, 5.74) is 4.43. The molecule has 0 aliphatic heterocycles. The monoisotopic (exact) mass is 330 g/mol. The molecule has 0 aliphatic rings. The second-order valence-electron chi connectivity index (χ2n) is 6.06. The molecule has 120 valence electrons. The Bertz CT molecular complexity index is 727. The van der Waals surface area contributed by atoms with Crippen molar-refractivity contribution in [2.75, 3.05) is 0 Å². The van der Waals surface area contributed by atoms with E-state index in [-0.39, 0.29) is 11.1 Å². The molecule has 0 saturated heterocycles. The first-order chi connectivity index (χ1) is 10.9. The Labute approximate surface area is 140 Å². The number of rotatable bonds is 4. The normalized spacial score (nSPS) is 12.6. The van der Waals surface area contributed by atoms with Crippen molar-refractivity contribution in [2.45, 2.75) is 26.2 Å². The van der Waals surface area contributed by atoms with Gasteiger partial charge in [-0.15, -0.1) is 0 Å². The average Bonchev–Trinajstić information content (AvgIpc) is 2.98. The molecule has 0 fully saturated rings. The SMILES string of the molecule is CC(C)(C)c1cc(C(=O)N/N=C\C(Cl)=C\c2ccccc2)n[nH]1. The number of carbonyl (C=O) groups excluding carboxylic acids is 1. The van der Waals surface area contributed by atoms with Gasteiger partial charge in [-0.05, 0) is 17.7 Å². The van der Waals surface area contributed by atoms with Crippen LogP contribution in [0.1, 0.15) is 42.5 Å². The Hall–Kier alpha value is -2.40. The molecule has 0 radical (unpaired) electrons. The Morgan fingerprint density at radius 3 is 2.61 bits per heavy atom. The molecule has 0 atom stereocenters. The topological polar surface area (TPSA) is 70.1 Å². The minimum absolute atomic E-state index is 0.101. The maximum absolute atomic E-state index is 12.0. The lowest BCUT2D eigenvalue weighted by molar-refractivity contribution is 0.0950. The highest BCUT2D eigenvalue weighted by atomic mass is 35.5. The van der Waals surface area contributed by atoms with Crippen LogP contribution < -0.4 is 5.43 Å². The third-order valence-corrected chi connectivity index (χ3v) is 3.28. The number of nitrogens with one attached hydrogen (secondary N) is 2. The number of hydrogen-bond donors (Lipinski definition) is 2. The summed E-state index contributed by atoms with van der Waals surface area (Å²) in [4.78, 5) is 12.0. The maximum atomic E-state index is 12.0. The van der Waals surface area contributed by atoms with Crippen LogP contribution in [0.25, 0.3) is 6.08 Å². The molecule has 2 aromatic rings. The summed E-state index contributed by atoms with van der Waals surface area (Å²) >= 11 is 6.05. The molecule has 0 unspecified atom stereocenters. The number of allylic oxidation sites excluding steroid dienone is 1. The Kier molecular flexibility index (Phi) is 5.34. The van der Waals surface area contributed by atoms with Crippen molar-refractivity contribution in [3.63, 3.8) is 0 Å². The molecule has 1 aromatic carbocycles. The number of aromatic amines is 1. The van der Waals surface area contributed by atoms with Gasteiger partial charge in [-0.2, -0.15) is 10.2 Å². The molecular formula is C17H19ClN4O. The van der Waals surface area contributed by atoms with E-state index in [1.54, 1.807) is 12.1 Å². The van der Waals surface area contributed by atoms with Gasteiger partial charge in [0.15, 0.2) is 5.69 Å². The quantitative estimate of drug-likeness (QED) is 0.662. The van der Waals surface area contributed by atoms with Gasteiger partial charge in [-0.25, -0.2) is 5.43 Å². The molecular weight excluding hydrogens is 312 g/mol. The summed E-state index contributed by atoms with van der Waals surface area (Å²) < 4.78 is 0. The molecule has 5 nitrogen and oxygen atoms in total. The molecule has 1 heterocycles. The van der Waals surface area contributed by atoms with E-state index >= 15 is 0 Å². The zero-order valence-electron chi connectivity index (χ0n) is 13.3. The van der Waals surface area contributed by atoms with Gasteiger partial charge in [0, 0.05) is 11.1 Å². The van der Waals surface area contributed by atoms with Crippen molar-refractivity contribution in [1.29, 1.82) is 0 Å². The van der Waals surface area contributed by atoms with Gasteiger partial charge in [0.2, 0.25) is 0 Å². The zero-order chi connectivity index (χ0) is 16.9. The lowest BCUT2D eigenvalue weighted by atomic mass is 9.92. The van der Waals surface area contributed by atoms with Crippen LogP contribution >= 0.6 is 11.6 Å². The largest absolute Gasteiger partial charge is 0.291 e. The first kappa shape index (κ1) is 17.0. The summed E-state index contributed by atoms with van der Waals surface area (Å²) in [6.45, 7) is 6.11. The van der Waals surface area contributed by atoms with Crippen LogP contribution in [0.3, 0.4) is 0 Å². The lowest BCUT2D eigenvalue weighted by Crippen LogP contribution is -2.18. The van der Waals surface area contributed by atoms with E-state index in [4.69, 9.17) is 11.6 Å². The summed E-state index contributed by atoms with van der Waals surface area (Å²) in [6, 6.07) is 11.3. The number of halogens is 1. The number of carbonyl (C=O) groups is 1. The van der Waals surface area contributed by atoms with Crippen molar-refractivity contribution in [1.82, 2.24) is 15.6 Å². The summed E-state index contributed by atoms with van der Waals surface area (Å²) in [6.07, 6.45) is 3.13. The molecule has 0 aliphatic carbocycles. The predicted molar refractivity (Wildman–Crippen MR) is 93.5 cm³/mol. The Morgan fingerprint density at radius 1 is 1.30 bits per heavy atom. The summed E-state index contributed by atoms with van der Waals surface area (Å²) in [5.74, 6) is -0.392. The van der Waals surface area contributed by atoms with Gasteiger partial charge in [0.1, 0.15) is 0 Å². The van der Waals surface area contributed by atoms with E-state index < -0.39 is 5.91 Å². The summed E-state index contributed by atoms with van der Waals surface area (Å²) in [7, 11) is 0. The van der Waals surface area contributed by atoms with Crippen LogP contribution in [0.15, 0.2) is 46.5 Å². The predicted octanol–water partition coefficient (Wildman–Crippen LogP) is 3.70. The van der Waals surface area contributed by atoms with E-state index in [1.807, 2.05) is 51.1 Å². The highest BCUT2D eigenvalue weighted by molar-refractivity contribution is 6.41. The highest BCUT2D eigenvalue weighted by Crippen LogP contribution is 2.20. The third kappa shape index (κ3) is 5.07. The first-order valence-corrected chi connectivity index (χ1v) is 7.55. The van der Waals surface area contributed by atoms with Crippen LogP contribution in [0, 0.1) is 0 Å². The van der Waals surface area contributed by atoms with E-state index in [2.05, 4.69) is 20.7 Å². The number of hydrogen-bond acceptors (Lipinski definition) is 3. The average molecular weight is 331 g/mol. The van der Waals surface area contributed by atoms with Crippen molar-refractivity contribution in [3.05, 3.63) is 58.4 Å². The molecule has 0 saturated carbocycles.